The van der Waals surface area contributed by atoms with Crippen LogP contribution in [0.2, 0.25) is 0 Å². The maximum atomic E-state index is 11.9. The number of benzene rings is 1. The molecule has 5 nitrogen and oxygen atoms in total. The van der Waals surface area contributed by atoms with Gasteiger partial charge in [0.1, 0.15) is 0 Å². The summed E-state index contributed by atoms with van der Waals surface area (Å²) in [4.78, 5) is 22.4. The second-order valence-electron chi connectivity index (χ2n) is 4.97. The fourth-order valence-electron chi connectivity index (χ4n) is 2.39. The SMILES string of the molecule is NC(=O)NCCCOC(=O)c1ccc2c(c1)CCCC2. The molecule has 1 aliphatic carbocycles. The minimum atomic E-state index is -0.564. The van der Waals surface area contributed by atoms with Crippen LogP contribution in [0.3, 0.4) is 0 Å². The molecule has 108 valence electrons. The van der Waals surface area contributed by atoms with E-state index in [1.165, 1.54) is 24.0 Å². The molecule has 0 heterocycles. The molecule has 0 bridgehead atoms. The fraction of sp³-hybridized carbons (Fsp3) is 0.467. The molecule has 1 aliphatic rings. The number of primary amides is 1. The van der Waals surface area contributed by atoms with Gasteiger partial charge in [0.15, 0.2) is 0 Å². The van der Waals surface area contributed by atoms with Crippen molar-refractivity contribution in [1.82, 2.24) is 5.32 Å². The van der Waals surface area contributed by atoms with Crippen molar-refractivity contribution in [3.8, 4) is 0 Å². The molecule has 3 N–H and O–H groups in total. The first-order valence-corrected chi connectivity index (χ1v) is 6.99. The van der Waals surface area contributed by atoms with Crippen molar-refractivity contribution in [3.05, 3.63) is 34.9 Å². The lowest BCUT2D eigenvalue weighted by Crippen LogP contribution is -2.30. The minimum Gasteiger partial charge on any atom is -0.462 e. The lowest BCUT2D eigenvalue weighted by atomic mass is 9.90. The van der Waals surface area contributed by atoms with Gasteiger partial charge < -0.3 is 15.8 Å². The maximum Gasteiger partial charge on any atom is 0.338 e. The second-order valence-corrected chi connectivity index (χ2v) is 4.97. The Bertz CT molecular complexity index is 500. The third-order valence-corrected chi connectivity index (χ3v) is 3.44. The predicted octanol–water partition coefficient (Wildman–Crippen LogP) is 1.78. The zero-order chi connectivity index (χ0) is 14.4. The summed E-state index contributed by atoms with van der Waals surface area (Å²) in [6.45, 7) is 0.684. The third-order valence-electron chi connectivity index (χ3n) is 3.44. The lowest BCUT2D eigenvalue weighted by molar-refractivity contribution is 0.0501. The molecule has 0 aliphatic heterocycles. The molecule has 5 heteroatoms. The third kappa shape index (κ3) is 3.98. The van der Waals surface area contributed by atoms with Gasteiger partial charge in [0, 0.05) is 6.54 Å². The number of hydrogen-bond donors (Lipinski definition) is 2. The van der Waals surface area contributed by atoms with Crippen LogP contribution in [0.25, 0.3) is 0 Å². The zero-order valence-corrected chi connectivity index (χ0v) is 11.5. The van der Waals surface area contributed by atoms with E-state index >= 15 is 0 Å². The van der Waals surface area contributed by atoms with Gasteiger partial charge in [-0.3, -0.25) is 0 Å². The highest BCUT2D eigenvalue weighted by Gasteiger charge is 2.13. The average molecular weight is 276 g/mol. The van der Waals surface area contributed by atoms with Gasteiger partial charge >= 0.3 is 12.0 Å². The molecule has 0 atom stereocenters. The van der Waals surface area contributed by atoms with Crippen LogP contribution in [0.4, 0.5) is 4.79 Å². The fourth-order valence-corrected chi connectivity index (χ4v) is 2.39. The van der Waals surface area contributed by atoms with Crippen LogP contribution >= 0.6 is 0 Å². The molecule has 1 aromatic rings. The van der Waals surface area contributed by atoms with Gasteiger partial charge in [0.05, 0.1) is 12.2 Å². The predicted molar refractivity (Wildman–Crippen MR) is 75.6 cm³/mol. The van der Waals surface area contributed by atoms with Crippen LogP contribution in [0.1, 0.15) is 40.7 Å². The number of nitrogens with one attached hydrogen (secondary N) is 1. The first-order valence-electron chi connectivity index (χ1n) is 6.99. The van der Waals surface area contributed by atoms with E-state index in [4.69, 9.17) is 10.5 Å². The van der Waals surface area contributed by atoms with Gasteiger partial charge in [-0.05, 0) is 55.4 Å². The molecular formula is C15H20N2O3. The number of hydrogen-bond acceptors (Lipinski definition) is 3. The van der Waals surface area contributed by atoms with E-state index < -0.39 is 6.03 Å². The number of ether oxygens (including phenoxy) is 1. The standard InChI is InChI=1S/C15H20N2O3/c16-15(19)17-8-3-9-20-14(18)13-7-6-11-4-1-2-5-12(11)10-13/h6-7,10H,1-5,8-9H2,(H3,16,17,19). The number of aryl methyl sites for hydroxylation is 2. The first-order chi connectivity index (χ1) is 9.66. The number of esters is 1. The Morgan fingerprint density at radius 2 is 1.95 bits per heavy atom. The summed E-state index contributed by atoms with van der Waals surface area (Å²) >= 11 is 0. The summed E-state index contributed by atoms with van der Waals surface area (Å²) in [6.07, 6.45) is 5.11. The van der Waals surface area contributed by atoms with Crippen molar-refractivity contribution in [2.45, 2.75) is 32.1 Å². The van der Waals surface area contributed by atoms with Crippen molar-refractivity contribution in [2.75, 3.05) is 13.2 Å². The first kappa shape index (κ1) is 14.4. The smallest absolute Gasteiger partial charge is 0.338 e. The summed E-state index contributed by atoms with van der Waals surface area (Å²) in [5.74, 6) is -0.308. The molecule has 0 spiro atoms. The lowest BCUT2D eigenvalue weighted by Gasteiger charge is -2.16. The topological polar surface area (TPSA) is 81.4 Å². The summed E-state index contributed by atoms with van der Waals surface area (Å²) in [7, 11) is 0. The molecule has 20 heavy (non-hydrogen) atoms. The average Bonchev–Trinajstić information content (AvgIpc) is 2.46. The molecule has 1 aromatic carbocycles. The van der Waals surface area contributed by atoms with Crippen molar-refractivity contribution in [2.24, 2.45) is 5.73 Å². The molecule has 2 rings (SSSR count). The van der Waals surface area contributed by atoms with E-state index in [0.29, 0.717) is 18.5 Å². The number of nitrogens with two attached hydrogens (primary N) is 1. The van der Waals surface area contributed by atoms with Crippen molar-refractivity contribution in [3.63, 3.8) is 0 Å². The van der Waals surface area contributed by atoms with Gasteiger partial charge in [0.25, 0.3) is 0 Å². The summed E-state index contributed by atoms with van der Waals surface area (Å²) in [5, 5.41) is 2.45. The molecule has 0 saturated heterocycles. The van der Waals surface area contributed by atoms with E-state index in [2.05, 4.69) is 5.32 Å². The Kier molecular flexibility index (Phi) is 4.98. The number of carbonyl (C=O) groups is 2. The molecule has 0 unspecified atom stereocenters. The van der Waals surface area contributed by atoms with Crippen LogP contribution < -0.4 is 11.1 Å². The highest BCUT2D eigenvalue weighted by Crippen LogP contribution is 2.22. The summed E-state index contributed by atoms with van der Waals surface area (Å²) in [6, 6.07) is 5.23. The zero-order valence-electron chi connectivity index (χ0n) is 11.5. The molecular weight excluding hydrogens is 256 g/mol. The Hall–Kier alpha value is -2.04. The molecule has 0 radical (unpaired) electrons. The number of carbonyl (C=O) groups excluding carboxylic acids is 2. The van der Waals surface area contributed by atoms with Crippen LogP contribution in [-0.4, -0.2) is 25.2 Å². The van der Waals surface area contributed by atoms with Crippen LogP contribution in [0.5, 0.6) is 0 Å². The Morgan fingerprint density at radius 1 is 1.20 bits per heavy atom. The van der Waals surface area contributed by atoms with Crippen molar-refractivity contribution in [1.29, 1.82) is 0 Å². The Morgan fingerprint density at radius 3 is 2.70 bits per heavy atom. The summed E-state index contributed by atoms with van der Waals surface area (Å²) in [5.41, 5.74) is 8.15. The van der Waals surface area contributed by atoms with Gasteiger partial charge in [0.2, 0.25) is 0 Å². The van der Waals surface area contributed by atoms with Crippen LogP contribution in [0.15, 0.2) is 18.2 Å². The number of rotatable bonds is 5. The van der Waals surface area contributed by atoms with E-state index in [1.807, 2.05) is 18.2 Å². The number of fused-ring (bicyclic) bond motifs is 1. The Balaban J connectivity index is 1.82. The van der Waals surface area contributed by atoms with Crippen molar-refractivity contribution >= 4 is 12.0 Å². The molecule has 0 saturated carbocycles. The minimum absolute atomic E-state index is 0.274. The molecule has 2 amide bonds. The van der Waals surface area contributed by atoms with Gasteiger partial charge in [-0.2, -0.15) is 0 Å². The van der Waals surface area contributed by atoms with Gasteiger partial charge in [-0.25, -0.2) is 9.59 Å². The van der Waals surface area contributed by atoms with Gasteiger partial charge in [-0.1, -0.05) is 6.07 Å². The number of amides is 2. The number of urea groups is 1. The van der Waals surface area contributed by atoms with Crippen molar-refractivity contribution < 1.29 is 14.3 Å². The van der Waals surface area contributed by atoms with Crippen LogP contribution in [-0.2, 0) is 17.6 Å². The molecule has 0 fully saturated rings. The second kappa shape index (κ2) is 6.93. The Labute approximate surface area is 118 Å². The van der Waals surface area contributed by atoms with E-state index in [1.54, 1.807) is 0 Å². The normalized spacial score (nSPS) is 13.4. The monoisotopic (exact) mass is 276 g/mol. The highest BCUT2D eigenvalue weighted by atomic mass is 16.5. The largest absolute Gasteiger partial charge is 0.462 e. The highest BCUT2D eigenvalue weighted by molar-refractivity contribution is 5.89. The van der Waals surface area contributed by atoms with Gasteiger partial charge in [-0.15, -0.1) is 0 Å². The van der Waals surface area contributed by atoms with E-state index in [9.17, 15) is 9.59 Å². The maximum absolute atomic E-state index is 11.9. The van der Waals surface area contributed by atoms with E-state index in [0.717, 1.165) is 12.8 Å². The summed E-state index contributed by atoms with van der Waals surface area (Å²) < 4.78 is 5.17. The quantitative estimate of drug-likeness (QED) is 0.635. The van der Waals surface area contributed by atoms with E-state index in [-0.39, 0.29) is 12.6 Å². The van der Waals surface area contributed by atoms with Crippen LogP contribution in [0, 0.1) is 0 Å². The molecule has 0 aromatic heterocycles.